The molecule has 0 aromatic carbocycles. The summed E-state index contributed by atoms with van der Waals surface area (Å²) in [6.45, 7) is 7.42. The van der Waals surface area contributed by atoms with Gasteiger partial charge in [0.1, 0.15) is 0 Å². The van der Waals surface area contributed by atoms with Crippen LogP contribution >= 0.6 is 11.8 Å². The van der Waals surface area contributed by atoms with Gasteiger partial charge in [-0.05, 0) is 48.9 Å². The first-order valence-corrected chi connectivity index (χ1v) is 9.91. The first kappa shape index (κ1) is 14.4. The molecule has 3 unspecified atom stereocenters. The Morgan fingerprint density at radius 3 is 2.52 bits per heavy atom. The Morgan fingerprint density at radius 2 is 1.86 bits per heavy atom. The van der Waals surface area contributed by atoms with Gasteiger partial charge in [0, 0.05) is 11.3 Å². The van der Waals surface area contributed by atoms with Crippen LogP contribution < -0.4 is 5.32 Å². The molecule has 4 fully saturated rings. The third-order valence-electron chi connectivity index (χ3n) is 7.11. The Labute approximate surface area is 133 Å². The lowest BCUT2D eigenvalue weighted by atomic mass is 9.69. The fraction of sp³-hybridized carbons (Fsp3) is 0.944. The summed E-state index contributed by atoms with van der Waals surface area (Å²) in [6.07, 6.45) is 11.1. The molecule has 1 aliphatic heterocycles. The average Bonchev–Trinajstić information content (AvgIpc) is 3.06. The van der Waals surface area contributed by atoms with Crippen LogP contribution in [0.5, 0.6) is 0 Å². The van der Waals surface area contributed by atoms with Gasteiger partial charge in [-0.15, -0.1) is 0 Å². The van der Waals surface area contributed by atoms with Gasteiger partial charge in [-0.25, -0.2) is 0 Å². The van der Waals surface area contributed by atoms with Crippen LogP contribution in [0.25, 0.3) is 0 Å². The highest BCUT2D eigenvalue weighted by molar-refractivity contribution is 8.14. The lowest BCUT2D eigenvalue weighted by molar-refractivity contribution is 0.142. The molecule has 3 aliphatic carbocycles. The lowest BCUT2D eigenvalue weighted by Crippen LogP contribution is -2.46. The lowest BCUT2D eigenvalue weighted by Gasteiger charge is -2.40. The number of rotatable bonds is 1. The summed E-state index contributed by atoms with van der Waals surface area (Å²) in [7, 11) is 0. The smallest absolute Gasteiger partial charge is 0.157 e. The molecule has 0 amide bonds. The highest BCUT2D eigenvalue weighted by atomic mass is 32.2. The molecule has 1 N–H and O–H groups in total. The zero-order valence-electron chi connectivity index (χ0n) is 13.9. The maximum atomic E-state index is 5.30. The molecule has 3 saturated carbocycles. The Morgan fingerprint density at radius 1 is 1.10 bits per heavy atom. The number of aliphatic imine (C=N–C) groups is 1. The SMILES string of the molecule is CC12CCC(C1)C(C)(C)C2N=C1NC2(CCCCC2)CS1. The van der Waals surface area contributed by atoms with Crippen LogP contribution in [-0.4, -0.2) is 22.5 Å². The molecule has 3 atom stereocenters. The molecule has 0 aromatic rings. The second kappa shape index (κ2) is 4.66. The van der Waals surface area contributed by atoms with Gasteiger partial charge in [0.05, 0.1) is 6.04 Å². The summed E-state index contributed by atoms with van der Waals surface area (Å²) >= 11 is 2.00. The standard InChI is InChI=1S/C18H30N2S/c1-16(2)13-7-10-17(3,11-13)14(16)19-15-20-18(12-21-15)8-5-4-6-9-18/h13-14H,4-12H2,1-3H3,(H,19,20). The van der Waals surface area contributed by atoms with Crippen molar-refractivity contribution < 1.29 is 0 Å². The van der Waals surface area contributed by atoms with E-state index in [1.807, 2.05) is 11.8 Å². The molecular formula is C18H30N2S. The van der Waals surface area contributed by atoms with Gasteiger partial charge < -0.3 is 5.32 Å². The summed E-state index contributed by atoms with van der Waals surface area (Å²) < 4.78 is 0. The summed E-state index contributed by atoms with van der Waals surface area (Å²) in [5, 5.41) is 5.13. The second-order valence-corrected chi connectivity index (χ2v) is 9.97. The molecule has 1 saturated heterocycles. The average molecular weight is 307 g/mol. The second-order valence-electron chi connectivity index (χ2n) is 9.01. The number of nitrogens with one attached hydrogen (secondary N) is 1. The summed E-state index contributed by atoms with van der Waals surface area (Å²) in [6, 6.07) is 0.525. The fourth-order valence-electron chi connectivity index (χ4n) is 5.79. The van der Waals surface area contributed by atoms with Gasteiger partial charge in [-0.3, -0.25) is 4.99 Å². The van der Waals surface area contributed by atoms with E-state index in [-0.39, 0.29) is 0 Å². The first-order valence-electron chi connectivity index (χ1n) is 8.92. The van der Waals surface area contributed by atoms with Crippen LogP contribution in [0.15, 0.2) is 4.99 Å². The Hall–Kier alpha value is -0.180. The molecule has 0 radical (unpaired) electrons. The normalized spacial score (nSPS) is 45.4. The van der Waals surface area contributed by atoms with Crippen molar-refractivity contribution in [3.05, 3.63) is 0 Å². The molecule has 0 aromatic heterocycles. The third-order valence-corrected chi connectivity index (χ3v) is 8.29. The Kier molecular flexibility index (Phi) is 3.20. The van der Waals surface area contributed by atoms with E-state index in [9.17, 15) is 0 Å². The zero-order chi connectivity index (χ0) is 14.7. The van der Waals surface area contributed by atoms with Crippen molar-refractivity contribution in [2.75, 3.05) is 5.75 Å². The number of fused-ring (bicyclic) bond motifs is 2. The van der Waals surface area contributed by atoms with E-state index in [0.717, 1.165) is 5.92 Å². The van der Waals surface area contributed by atoms with Gasteiger partial charge in [0.2, 0.25) is 0 Å². The van der Waals surface area contributed by atoms with Crippen LogP contribution in [0.1, 0.15) is 72.1 Å². The van der Waals surface area contributed by atoms with E-state index in [2.05, 4.69) is 26.1 Å². The minimum atomic E-state index is 0.393. The van der Waals surface area contributed by atoms with Gasteiger partial charge in [-0.1, -0.05) is 51.8 Å². The van der Waals surface area contributed by atoms with E-state index in [1.165, 1.54) is 62.3 Å². The van der Waals surface area contributed by atoms with Crippen molar-refractivity contribution in [3.8, 4) is 0 Å². The minimum absolute atomic E-state index is 0.393. The highest BCUT2D eigenvalue weighted by Crippen LogP contribution is 2.63. The predicted octanol–water partition coefficient (Wildman–Crippen LogP) is 4.60. The molecule has 1 heterocycles. The predicted molar refractivity (Wildman–Crippen MR) is 91.9 cm³/mol. The quantitative estimate of drug-likeness (QED) is 0.766. The molecule has 2 bridgehead atoms. The Balaban J connectivity index is 1.55. The van der Waals surface area contributed by atoms with Crippen molar-refractivity contribution in [3.63, 3.8) is 0 Å². The molecule has 21 heavy (non-hydrogen) atoms. The molecule has 3 heteroatoms. The highest BCUT2D eigenvalue weighted by Gasteiger charge is 2.59. The van der Waals surface area contributed by atoms with Crippen LogP contribution in [0, 0.1) is 16.7 Å². The largest absolute Gasteiger partial charge is 0.359 e. The number of hydrogen-bond donors (Lipinski definition) is 1. The van der Waals surface area contributed by atoms with Crippen LogP contribution in [0.4, 0.5) is 0 Å². The monoisotopic (exact) mass is 306 g/mol. The molecule has 2 nitrogen and oxygen atoms in total. The maximum absolute atomic E-state index is 5.30. The van der Waals surface area contributed by atoms with Crippen LogP contribution in [0.2, 0.25) is 0 Å². The number of hydrogen-bond acceptors (Lipinski definition) is 2. The number of thioether (sulfide) groups is 1. The number of amidine groups is 1. The van der Waals surface area contributed by atoms with E-state index >= 15 is 0 Å². The molecule has 118 valence electrons. The van der Waals surface area contributed by atoms with E-state index in [0.29, 0.717) is 22.4 Å². The van der Waals surface area contributed by atoms with E-state index < -0.39 is 0 Å². The van der Waals surface area contributed by atoms with Gasteiger partial charge in [-0.2, -0.15) is 0 Å². The summed E-state index contributed by atoms with van der Waals surface area (Å²) in [4.78, 5) is 5.30. The van der Waals surface area contributed by atoms with Gasteiger partial charge in [0.15, 0.2) is 5.17 Å². The summed E-state index contributed by atoms with van der Waals surface area (Å²) in [5.41, 5.74) is 1.25. The molecular weight excluding hydrogens is 276 g/mol. The first-order chi connectivity index (χ1) is 9.94. The maximum Gasteiger partial charge on any atom is 0.157 e. The van der Waals surface area contributed by atoms with Gasteiger partial charge >= 0.3 is 0 Å². The van der Waals surface area contributed by atoms with Gasteiger partial charge in [0.25, 0.3) is 0 Å². The Bertz CT molecular complexity index is 459. The van der Waals surface area contributed by atoms with Crippen molar-refractivity contribution >= 4 is 16.9 Å². The fourth-order valence-corrected chi connectivity index (χ4v) is 7.03. The molecule has 1 spiro atoms. The van der Waals surface area contributed by atoms with Crippen LogP contribution in [0.3, 0.4) is 0 Å². The molecule has 4 rings (SSSR count). The van der Waals surface area contributed by atoms with Crippen molar-refractivity contribution in [2.24, 2.45) is 21.7 Å². The summed E-state index contributed by atoms with van der Waals surface area (Å²) in [5.74, 6) is 2.14. The van der Waals surface area contributed by atoms with Crippen molar-refractivity contribution in [2.45, 2.75) is 83.7 Å². The van der Waals surface area contributed by atoms with Crippen LogP contribution in [-0.2, 0) is 0 Å². The third kappa shape index (κ3) is 2.17. The van der Waals surface area contributed by atoms with E-state index in [1.54, 1.807) is 0 Å². The zero-order valence-corrected chi connectivity index (χ0v) is 14.7. The minimum Gasteiger partial charge on any atom is -0.359 e. The van der Waals surface area contributed by atoms with E-state index in [4.69, 9.17) is 4.99 Å². The number of nitrogens with zero attached hydrogens (tertiary/aromatic N) is 1. The van der Waals surface area contributed by atoms with Crippen molar-refractivity contribution in [1.29, 1.82) is 0 Å². The topological polar surface area (TPSA) is 24.4 Å². The van der Waals surface area contributed by atoms with Crippen molar-refractivity contribution in [1.82, 2.24) is 5.32 Å². The molecule has 4 aliphatic rings.